The standard InChI is InChI=1S/C18H20ClFN2O3S/c1-26(24,25)22(13-14-6-8-16(19)9-7-14)11-10-18(23)21-12-15-4-2-3-5-17(15)20/h2-9H,10-13H2,1H3,(H,21,23). The summed E-state index contributed by atoms with van der Waals surface area (Å²) in [6, 6.07) is 13.0. The van der Waals surface area contributed by atoms with Gasteiger partial charge in [0, 0.05) is 36.6 Å². The summed E-state index contributed by atoms with van der Waals surface area (Å²) >= 11 is 5.83. The molecule has 140 valence electrons. The van der Waals surface area contributed by atoms with E-state index in [2.05, 4.69) is 5.32 Å². The second-order valence-electron chi connectivity index (χ2n) is 5.84. The van der Waals surface area contributed by atoms with Crippen LogP contribution >= 0.6 is 11.6 Å². The SMILES string of the molecule is CS(=O)(=O)N(CCC(=O)NCc1ccccc1F)Cc1ccc(Cl)cc1. The van der Waals surface area contributed by atoms with Crippen molar-refractivity contribution in [1.29, 1.82) is 0 Å². The number of amides is 1. The number of nitrogens with zero attached hydrogens (tertiary/aromatic N) is 1. The Kier molecular flexibility index (Phi) is 7.14. The van der Waals surface area contributed by atoms with E-state index < -0.39 is 15.8 Å². The van der Waals surface area contributed by atoms with Gasteiger partial charge in [0.2, 0.25) is 15.9 Å². The lowest BCUT2D eigenvalue weighted by Crippen LogP contribution is -2.34. The summed E-state index contributed by atoms with van der Waals surface area (Å²) in [6.45, 7) is 0.239. The molecule has 2 aromatic carbocycles. The number of nitrogens with one attached hydrogen (secondary N) is 1. The molecule has 1 N–H and O–H groups in total. The lowest BCUT2D eigenvalue weighted by molar-refractivity contribution is -0.121. The molecule has 26 heavy (non-hydrogen) atoms. The van der Waals surface area contributed by atoms with Gasteiger partial charge < -0.3 is 5.32 Å². The topological polar surface area (TPSA) is 66.5 Å². The van der Waals surface area contributed by atoms with E-state index in [1.165, 1.54) is 10.4 Å². The summed E-state index contributed by atoms with van der Waals surface area (Å²) in [5.41, 5.74) is 1.15. The highest BCUT2D eigenvalue weighted by Crippen LogP contribution is 2.13. The molecule has 0 aliphatic heterocycles. The molecular formula is C18H20ClFN2O3S. The fraction of sp³-hybridized carbons (Fsp3) is 0.278. The van der Waals surface area contributed by atoms with Crippen LogP contribution in [-0.4, -0.2) is 31.4 Å². The third-order valence-electron chi connectivity index (χ3n) is 3.76. The van der Waals surface area contributed by atoms with Gasteiger partial charge in [-0.2, -0.15) is 4.31 Å². The molecule has 1 amide bonds. The minimum Gasteiger partial charge on any atom is -0.352 e. The largest absolute Gasteiger partial charge is 0.352 e. The molecule has 0 fully saturated rings. The smallest absolute Gasteiger partial charge is 0.221 e. The van der Waals surface area contributed by atoms with Crippen LogP contribution < -0.4 is 5.32 Å². The van der Waals surface area contributed by atoms with Gasteiger partial charge in [0.25, 0.3) is 0 Å². The lowest BCUT2D eigenvalue weighted by Gasteiger charge is -2.20. The summed E-state index contributed by atoms with van der Waals surface area (Å²) in [5.74, 6) is -0.744. The molecule has 0 saturated heterocycles. The van der Waals surface area contributed by atoms with Crippen molar-refractivity contribution >= 4 is 27.5 Å². The first-order valence-corrected chi connectivity index (χ1v) is 10.2. The summed E-state index contributed by atoms with van der Waals surface area (Å²) in [4.78, 5) is 12.0. The quantitative estimate of drug-likeness (QED) is 0.743. The van der Waals surface area contributed by atoms with Crippen molar-refractivity contribution in [1.82, 2.24) is 9.62 Å². The van der Waals surface area contributed by atoms with E-state index in [4.69, 9.17) is 11.6 Å². The molecule has 0 aliphatic rings. The van der Waals surface area contributed by atoms with Crippen LogP contribution in [0.4, 0.5) is 4.39 Å². The molecule has 0 heterocycles. The number of carbonyl (C=O) groups excluding carboxylic acids is 1. The zero-order valence-electron chi connectivity index (χ0n) is 14.3. The van der Waals surface area contributed by atoms with Gasteiger partial charge in [0.1, 0.15) is 5.82 Å². The van der Waals surface area contributed by atoms with Crippen LogP contribution in [0.5, 0.6) is 0 Å². The molecule has 0 unspecified atom stereocenters. The molecule has 2 aromatic rings. The Balaban J connectivity index is 1.91. The molecule has 8 heteroatoms. The fourth-order valence-electron chi connectivity index (χ4n) is 2.31. The normalized spacial score (nSPS) is 11.5. The molecule has 0 aliphatic carbocycles. The van der Waals surface area contributed by atoms with Gasteiger partial charge in [-0.25, -0.2) is 12.8 Å². The van der Waals surface area contributed by atoms with Gasteiger partial charge in [-0.15, -0.1) is 0 Å². The molecule has 0 saturated carbocycles. The fourth-order valence-corrected chi connectivity index (χ4v) is 3.24. The number of carbonyl (C=O) groups is 1. The van der Waals surface area contributed by atoms with Gasteiger partial charge in [-0.3, -0.25) is 4.79 Å². The zero-order chi connectivity index (χ0) is 19.2. The Morgan fingerprint density at radius 1 is 1.15 bits per heavy atom. The van der Waals surface area contributed by atoms with Crippen LogP contribution in [-0.2, 0) is 27.9 Å². The van der Waals surface area contributed by atoms with Crippen molar-refractivity contribution in [3.63, 3.8) is 0 Å². The van der Waals surface area contributed by atoms with E-state index >= 15 is 0 Å². The van der Waals surface area contributed by atoms with Crippen molar-refractivity contribution in [2.24, 2.45) is 0 Å². The molecule has 2 rings (SSSR count). The second kappa shape index (κ2) is 9.12. The van der Waals surface area contributed by atoms with Gasteiger partial charge >= 0.3 is 0 Å². The molecule has 5 nitrogen and oxygen atoms in total. The van der Waals surface area contributed by atoms with Crippen LogP contribution in [0.15, 0.2) is 48.5 Å². The maximum atomic E-state index is 13.5. The third kappa shape index (κ3) is 6.40. The van der Waals surface area contributed by atoms with Gasteiger partial charge in [-0.1, -0.05) is 41.9 Å². The predicted molar refractivity (Wildman–Crippen MR) is 99.6 cm³/mol. The van der Waals surface area contributed by atoms with Crippen LogP contribution in [0.2, 0.25) is 5.02 Å². The molecular weight excluding hydrogens is 379 g/mol. The van der Waals surface area contributed by atoms with E-state index in [0.717, 1.165) is 11.8 Å². The monoisotopic (exact) mass is 398 g/mol. The van der Waals surface area contributed by atoms with Crippen LogP contribution in [0.3, 0.4) is 0 Å². The van der Waals surface area contributed by atoms with Crippen molar-refractivity contribution in [2.75, 3.05) is 12.8 Å². The van der Waals surface area contributed by atoms with Crippen LogP contribution in [0.1, 0.15) is 17.5 Å². The van der Waals surface area contributed by atoms with E-state index in [0.29, 0.717) is 10.6 Å². The highest BCUT2D eigenvalue weighted by Gasteiger charge is 2.18. The Labute approximate surface area is 157 Å². The van der Waals surface area contributed by atoms with E-state index in [-0.39, 0.29) is 32.0 Å². The number of sulfonamides is 1. The first-order valence-electron chi connectivity index (χ1n) is 7.95. The van der Waals surface area contributed by atoms with E-state index in [1.54, 1.807) is 42.5 Å². The molecule has 0 atom stereocenters. The molecule has 0 aromatic heterocycles. The van der Waals surface area contributed by atoms with Crippen molar-refractivity contribution < 1.29 is 17.6 Å². The van der Waals surface area contributed by atoms with Crippen LogP contribution in [0.25, 0.3) is 0 Å². The maximum absolute atomic E-state index is 13.5. The minimum atomic E-state index is -3.48. The predicted octanol–water partition coefficient (Wildman–Crippen LogP) is 2.95. The van der Waals surface area contributed by atoms with Gasteiger partial charge in [0.05, 0.1) is 6.26 Å². The number of hydrogen-bond acceptors (Lipinski definition) is 3. The maximum Gasteiger partial charge on any atom is 0.221 e. The number of halogens is 2. The highest BCUT2D eigenvalue weighted by atomic mass is 35.5. The Morgan fingerprint density at radius 3 is 2.42 bits per heavy atom. The number of rotatable bonds is 8. The Morgan fingerprint density at radius 2 is 1.81 bits per heavy atom. The first-order chi connectivity index (χ1) is 12.3. The highest BCUT2D eigenvalue weighted by molar-refractivity contribution is 7.88. The molecule has 0 spiro atoms. The van der Waals surface area contributed by atoms with E-state index in [1.807, 2.05) is 0 Å². The van der Waals surface area contributed by atoms with Crippen LogP contribution in [0, 0.1) is 5.82 Å². The average molecular weight is 399 g/mol. The first kappa shape index (κ1) is 20.4. The second-order valence-corrected chi connectivity index (χ2v) is 8.26. The molecule has 0 bridgehead atoms. The lowest BCUT2D eigenvalue weighted by atomic mass is 10.2. The summed E-state index contributed by atoms with van der Waals surface area (Å²) in [7, 11) is -3.48. The molecule has 0 radical (unpaired) electrons. The van der Waals surface area contributed by atoms with Gasteiger partial charge in [-0.05, 0) is 23.8 Å². The van der Waals surface area contributed by atoms with Crippen molar-refractivity contribution in [2.45, 2.75) is 19.5 Å². The van der Waals surface area contributed by atoms with Crippen molar-refractivity contribution in [3.05, 3.63) is 70.5 Å². The number of benzene rings is 2. The van der Waals surface area contributed by atoms with E-state index in [9.17, 15) is 17.6 Å². The van der Waals surface area contributed by atoms with Gasteiger partial charge in [0.15, 0.2) is 0 Å². The summed E-state index contributed by atoms with van der Waals surface area (Å²) in [5, 5.41) is 3.16. The number of hydrogen-bond donors (Lipinski definition) is 1. The zero-order valence-corrected chi connectivity index (χ0v) is 15.9. The van der Waals surface area contributed by atoms with Crippen molar-refractivity contribution in [3.8, 4) is 0 Å². The Bertz CT molecular complexity index is 857. The summed E-state index contributed by atoms with van der Waals surface area (Å²) in [6.07, 6.45) is 1.08. The Hall–Kier alpha value is -1.96. The average Bonchev–Trinajstić information content (AvgIpc) is 2.58. The minimum absolute atomic E-state index is 0.0187. The summed E-state index contributed by atoms with van der Waals surface area (Å²) < 4.78 is 38.7. The third-order valence-corrected chi connectivity index (χ3v) is 5.26.